The molecule has 0 aliphatic rings. The highest BCUT2D eigenvalue weighted by Gasteiger charge is 2.19. The van der Waals surface area contributed by atoms with Gasteiger partial charge in [0.05, 0.1) is 41.4 Å². The third-order valence-electron chi connectivity index (χ3n) is 2.01. The maximum Gasteiger partial charge on any atom is 0.358 e. The second kappa shape index (κ2) is 6.47. The first kappa shape index (κ1) is 14.6. The number of esters is 1. The van der Waals surface area contributed by atoms with Gasteiger partial charge in [-0.05, 0) is 13.0 Å². The van der Waals surface area contributed by atoms with Crippen molar-refractivity contribution in [2.45, 2.75) is 6.92 Å². The van der Waals surface area contributed by atoms with Crippen LogP contribution >= 0.6 is 23.2 Å². The molecule has 0 spiro atoms. The van der Waals surface area contributed by atoms with E-state index in [1.54, 1.807) is 0 Å². The van der Waals surface area contributed by atoms with Crippen LogP contribution in [0.1, 0.15) is 23.1 Å². The first-order valence-electron chi connectivity index (χ1n) is 5.03. The molecule has 0 radical (unpaired) electrons. The molecule has 1 heterocycles. The van der Waals surface area contributed by atoms with E-state index < -0.39 is 5.97 Å². The molecule has 0 aromatic carbocycles. The van der Waals surface area contributed by atoms with E-state index in [1.165, 1.54) is 19.4 Å². The number of carbonyl (C=O) groups is 1. The van der Waals surface area contributed by atoms with Gasteiger partial charge in [-0.1, -0.05) is 23.2 Å². The van der Waals surface area contributed by atoms with Gasteiger partial charge in [0, 0.05) is 0 Å². The summed E-state index contributed by atoms with van der Waals surface area (Å²) in [5.41, 5.74) is 5.97. The monoisotopic (exact) mass is 290 g/mol. The number of pyridine rings is 1. The number of halogens is 2. The van der Waals surface area contributed by atoms with E-state index in [0.717, 1.165) is 0 Å². The fraction of sp³-hybridized carbons (Fsp3) is 0.273. The van der Waals surface area contributed by atoms with Gasteiger partial charge in [0.1, 0.15) is 0 Å². The maximum absolute atomic E-state index is 11.5. The quantitative estimate of drug-likeness (QED) is 0.682. The molecule has 0 saturated heterocycles. The van der Waals surface area contributed by atoms with Gasteiger partial charge < -0.3 is 15.2 Å². The van der Waals surface area contributed by atoms with Crippen molar-refractivity contribution in [3.63, 3.8) is 0 Å². The van der Waals surface area contributed by atoms with Crippen LogP contribution in [0.4, 0.5) is 5.69 Å². The Bertz CT molecular complexity index is 490. The summed E-state index contributed by atoms with van der Waals surface area (Å²) in [6.07, 6.45) is 2.90. The molecule has 1 rings (SSSR count). The number of nitrogens with zero attached hydrogens (tertiary/aromatic N) is 1. The smallest absolute Gasteiger partial charge is 0.358 e. The van der Waals surface area contributed by atoms with Gasteiger partial charge in [-0.15, -0.1) is 0 Å². The second-order valence-electron chi connectivity index (χ2n) is 3.14. The Hall–Kier alpha value is -1.46. The van der Waals surface area contributed by atoms with Crippen LogP contribution in [0.5, 0.6) is 0 Å². The van der Waals surface area contributed by atoms with E-state index in [-0.39, 0.29) is 27.1 Å². The fourth-order valence-corrected chi connectivity index (χ4v) is 1.59. The van der Waals surface area contributed by atoms with Gasteiger partial charge >= 0.3 is 5.97 Å². The molecule has 2 N–H and O–H groups in total. The summed E-state index contributed by atoms with van der Waals surface area (Å²) in [7, 11) is 1.22. The van der Waals surface area contributed by atoms with Gasteiger partial charge in [0.25, 0.3) is 0 Å². The SMILES string of the molecule is CCOC=Cc1nc(C(=O)OC)c(Cl)c(N)c1Cl. The standard InChI is InChI=1S/C11H12Cl2N2O3/c1-3-18-5-4-6-7(12)9(14)8(13)10(15-6)11(16)17-2/h4-5H,3H2,1-2H3,(H2,14,15). The van der Waals surface area contributed by atoms with Crippen LogP contribution in [0.15, 0.2) is 6.26 Å². The number of nitrogen functional groups attached to an aromatic ring is 1. The van der Waals surface area contributed by atoms with Crippen LogP contribution in [-0.2, 0) is 9.47 Å². The number of hydrogen-bond donors (Lipinski definition) is 1. The molecule has 18 heavy (non-hydrogen) atoms. The molecule has 1 aromatic heterocycles. The van der Waals surface area contributed by atoms with Crippen LogP contribution < -0.4 is 5.73 Å². The molecule has 0 aliphatic heterocycles. The third-order valence-corrected chi connectivity index (χ3v) is 2.79. The molecule has 0 fully saturated rings. The van der Waals surface area contributed by atoms with Crippen LogP contribution in [0, 0.1) is 0 Å². The predicted octanol–water partition coefficient (Wildman–Crippen LogP) is 2.76. The Morgan fingerprint density at radius 3 is 2.67 bits per heavy atom. The minimum absolute atomic E-state index is 0.0274. The summed E-state index contributed by atoms with van der Waals surface area (Å²) in [6.45, 7) is 2.33. The van der Waals surface area contributed by atoms with Gasteiger partial charge in [-0.25, -0.2) is 9.78 Å². The number of hydrogen-bond acceptors (Lipinski definition) is 5. The Morgan fingerprint density at radius 1 is 1.44 bits per heavy atom. The number of anilines is 1. The molecular formula is C11H12Cl2N2O3. The highest BCUT2D eigenvalue weighted by Crippen LogP contribution is 2.32. The molecular weight excluding hydrogens is 279 g/mol. The maximum atomic E-state index is 11.5. The zero-order valence-electron chi connectivity index (χ0n) is 9.87. The molecule has 1 aromatic rings. The number of carbonyl (C=O) groups excluding carboxylic acids is 1. The van der Waals surface area contributed by atoms with Crippen molar-refractivity contribution in [3.05, 3.63) is 27.7 Å². The van der Waals surface area contributed by atoms with Crippen LogP contribution in [0.2, 0.25) is 10.0 Å². The molecule has 98 valence electrons. The topological polar surface area (TPSA) is 74.4 Å². The van der Waals surface area contributed by atoms with E-state index in [9.17, 15) is 4.79 Å². The number of methoxy groups -OCH3 is 1. The molecule has 0 aliphatic carbocycles. The molecule has 0 bridgehead atoms. The first-order valence-corrected chi connectivity index (χ1v) is 5.79. The van der Waals surface area contributed by atoms with Crippen LogP contribution in [0.25, 0.3) is 6.08 Å². The summed E-state index contributed by atoms with van der Waals surface area (Å²) >= 11 is 11.8. The number of rotatable bonds is 4. The highest BCUT2D eigenvalue weighted by atomic mass is 35.5. The minimum atomic E-state index is -0.686. The normalized spacial score (nSPS) is 10.7. The molecule has 0 amide bonds. The first-order chi connectivity index (χ1) is 8.52. The largest absolute Gasteiger partial charge is 0.501 e. The van der Waals surface area contributed by atoms with Crippen molar-refractivity contribution in [3.8, 4) is 0 Å². The zero-order valence-corrected chi connectivity index (χ0v) is 11.4. The summed E-state index contributed by atoms with van der Waals surface area (Å²) in [6, 6.07) is 0. The minimum Gasteiger partial charge on any atom is -0.501 e. The lowest BCUT2D eigenvalue weighted by molar-refractivity contribution is 0.0594. The Labute approximate surface area is 114 Å². The highest BCUT2D eigenvalue weighted by molar-refractivity contribution is 6.41. The van der Waals surface area contributed by atoms with Crippen molar-refractivity contribution >= 4 is 40.9 Å². The summed E-state index contributed by atoms with van der Waals surface area (Å²) in [4.78, 5) is 15.4. The third kappa shape index (κ3) is 3.05. The van der Waals surface area contributed by atoms with Gasteiger partial charge in [-0.2, -0.15) is 0 Å². The lowest BCUT2D eigenvalue weighted by atomic mass is 10.2. The van der Waals surface area contributed by atoms with Crippen LogP contribution in [-0.4, -0.2) is 24.7 Å². The molecule has 7 heteroatoms. The van der Waals surface area contributed by atoms with Crippen molar-refractivity contribution < 1.29 is 14.3 Å². The van der Waals surface area contributed by atoms with Crippen molar-refractivity contribution in [1.82, 2.24) is 4.98 Å². The summed E-state index contributed by atoms with van der Waals surface area (Å²) < 4.78 is 9.57. The second-order valence-corrected chi connectivity index (χ2v) is 3.89. The molecule has 0 unspecified atom stereocenters. The lowest BCUT2D eigenvalue weighted by Gasteiger charge is -2.08. The Kier molecular flexibility index (Phi) is 5.25. The van der Waals surface area contributed by atoms with Crippen molar-refractivity contribution in [1.29, 1.82) is 0 Å². The van der Waals surface area contributed by atoms with Gasteiger partial charge in [-0.3, -0.25) is 0 Å². The number of aromatic nitrogens is 1. The van der Waals surface area contributed by atoms with Crippen LogP contribution in [0.3, 0.4) is 0 Å². The number of ether oxygens (including phenoxy) is 2. The van der Waals surface area contributed by atoms with E-state index in [4.69, 9.17) is 33.7 Å². The number of nitrogens with two attached hydrogens (primary N) is 1. The Balaban J connectivity index is 3.27. The fourth-order valence-electron chi connectivity index (χ4n) is 1.13. The van der Waals surface area contributed by atoms with Crippen molar-refractivity contribution in [2.75, 3.05) is 19.5 Å². The molecule has 0 atom stereocenters. The Morgan fingerprint density at radius 2 is 2.11 bits per heavy atom. The summed E-state index contributed by atoms with van der Waals surface area (Å²) in [5.74, 6) is -0.686. The average molecular weight is 291 g/mol. The average Bonchev–Trinajstić information content (AvgIpc) is 2.38. The van der Waals surface area contributed by atoms with E-state index in [0.29, 0.717) is 6.61 Å². The van der Waals surface area contributed by atoms with Gasteiger partial charge in [0.2, 0.25) is 0 Å². The van der Waals surface area contributed by atoms with E-state index in [2.05, 4.69) is 9.72 Å². The lowest BCUT2D eigenvalue weighted by Crippen LogP contribution is -2.09. The zero-order chi connectivity index (χ0) is 13.7. The summed E-state index contributed by atoms with van der Waals surface area (Å²) in [5, 5.41) is 0.129. The van der Waals surface area contributed by atoms with Crippen molar-refractivity contribution in [2.24, 2.45) is 0 Å². The molecule has 0 saturated carbocycles. The predicted molar refractivity (Wildman–Crippen MR) is 70.7 cm³/mol. The van der Waals surface area contributed by atoms with E-state index in [1.807, 2.05) is 6.92 Å². The van der Waals surface area contributed by atoms with E-state index >= 15 is 0 Å². The van der Waals surface area contributed by atoms with Gasteiger partial charge in [0.15, 0.2) is 5.69 Å². The molecule has 5 nitrogen and oxygen atoms in total.